The van der Waals surface area contributed by atoms with Crippen LogP contribution in [0.4, 0.5) is 4.79 Å². The molecule has 3 heterocycles. The zero-order valence-corrected chi connectivity index (χ0v) is 18.1. The van der Waals surface area contributed by atoms with Crippen LogP contribution in [0.2, 0.25) is 0 Å². The number of carboxylic acids is 1. The molecule has 1 amide bonds. The second-order valence-corrected chi connectivity index (χ2v) is 8.59. The first-order chi connectivity index (χ1) is 15.2. The van der Waals surface area contributed by atoms with Crippen LogP contribution in [0.25, 0.3) is 22.2 Å². The highest BCUT2D eigenvalue weighted by Crippen LogP contribution is 2.31. The highest BCUT2D eigenvalue weighted by Gasteiger charge is 2.43. The summed E-state index contributed by atoms with van der Waals surface area (Å²) in [6.45, 7) is 5.29. The SMILES string of the molecule is CC(C)(C)OC(=O)N1C[C@H](Oc2nc(-c3cnccn3)cc3ccccc23)C[C@H]1C(=O)O. The monoisotopic (exact) mass is 436 g/mol. The molecule has 0 spiro atoms. The number of aromatic nitrogens is 3. The van der Waals surface area contributed by atoms with Crippen molar-refractivity contribution >= 4 is 22.8 Å². The number of hydrogen-bond acceptors (Lipinski definition) is 7. The van der Waals surface area contributed by atoms with Crippen LogP contribution >= 0.6 is 0 Å². The summed E-state index contributed by atoms with van der Waals surface area (Å²) in [4.78, 5) is 38.6. The van der Waals surface area contributed by atoms with E-state index in [1.165, 1.54) is 4.90 Å². The van der Waals surface area contributed by atoms with Gasteiger partial charge in [0.1, 0.15) is 23.4 Å². The summed E-state index contributed by atoms with van der Waals surface area (Å²) in [5.41, 5.74) is 0.443. The Morgan fingerprint density at radius 1 is 1.16 bits per heavy atom. The summed E-state index contributed by atoms with van der Waals surface area (Å²) in [5, 5.41) is 11.3. The molecule has 166 valence electrons. The minimum atomic E-state index is -1.10. The highest BCUT2D eigenvalue weighted by atomic mass is 16.6. The van der Waals surface area contributed by atoms with Gasteiger partial charge < -0.3 is 14.6 Å². The number of amides is 1. The molecule has 32 heavy (non-hydrogen) atoms. The molecule has 0 aliphatic carbocycles. The molecule has 4 rings (SSSR count). The van der Waals surface area contributed by atoms with Gasteiger partial charge in [-0.3, -0.25) is 14.9 Å². The average molecular weight is 436 g/mol. The van der Waals surface area contributed by atoms with Crippen LogP contribution in [0.3, 0.4) is 0 Å². The fraction of sp³-hybridized carbons (Fsp3) is 0.348. The fourth-order valence-corrected chi connectivity index (χ4v) is 3.62. The Kier molecular flexibility index (Phi) is 5.65. The number of ether oxygens (including phenoxy) is 2. The molecule has 0 radical (unpaired) electrons. The van der Waals surface area contributed by atoms with Crippen molar-refractivity contribution in [3.05, 3.63) is 48.9 Å². The van der Waals surface area contributed by atoms with Crippen LogP contribution < -0.4 is 4.74 Å². The topological polar surface area (TPSA) is 115 Å². The molecular weight excluding hydrogens is 412 g/mol. The lowest BCUT2D eigenvalue weighted by Crippen LogP contribution is -2.43. The van der Waals surface area contributed by atoms with Gasteiger partial charge in [-0.2, -0.15) is 0 Å². The number of benzene rings is 1. The number of pyridine rings is 1. The molecular formula is C23H24N4O5. The van der Waals surface area contributed by atoms with Gasteiger partial charge in [-0.15, -0.1) is 0 Å². The fourth-order valence-electron chi connectivity index (χ4n) is 3.62. The summed E-state index contributed by atoms with van der Waals surface area (Å²) in [6.07, 6.45) is 3.66. The van der Waals surface area contributed by atoms with Crippen molar-refractivity contribution in [2.24, 2.45) is 0 Å². The van der Waals surface area contributed by atoms with Gasteiger partial charge in [0.2, 0.25) is 5.88 Å². The first-order valence-corrected chi connectivity index (χ1v) is 10.3. The normalized spacial score (nSPS) is 18.5. The number of likely N-dealkylation sites (tertiary alicyclic amines) is 1. The Bertz CT molecular complexity index is 1150. The molecule has 1 fully saturated rings. The molecule has 9 nitrogen and oxygen atoms in total. The van der Waals surface area contributed by atoms with Crippen LogP contribution in [0.15, 0.2) is 48.9 Å². The average Bonchev–Trinajstić information content (AvgIpc) is 3.18. The van der Waals surface area contributed by atoms with E-state index in [0.717, 1.165) is 10.8 Å². The number of fused-ring (bicyclic) bond motifs is 1. The summed E-state index contributed by atoms with van der Waals surface area (Å²) >= 11 is 0. The van der Waals surface area contributed by atoms with Gasteiger partial charge >= 0.3 is 12.1 Å². The molecule has 0 saturated carbocycles. The number of carbonyl (C=O) groups excluding carboxylic acids is 1. The van der Waals surface area contributed by atoms with Crippen molar-refractivity contribution in [2.45, 2.75) is 44.9 Å². The Morgan fingerprint density at radius 2 is 1.94 bits per heavy atom. The predicted molar refractivity (Wildman–Crippen MR) is 116 cm³/mol. The van der Waals surface area contributed by atoms with Crippen molar-refractivity contribution in [3.8, 4) is 17.3 Å². The number of rotatable bonds is 4. The van der Waals surface area contributed by atoms with E-state index in [1.807, 2.05) is 30.3 Å². The van der Waals surface area contributed by atoms with Gasteiger partial charge in [-0.1, -0.05) is 18.2 Å². The minimum absolute atomic E-state index is 0.0806. The van der Waals surface area contributed by atoms with E-state index in [1.54, 1.807) is 39.4 Å². The van der Waals surface area contributed by atoms with E-state index in [9.17, 15) is 14.7 Å². The summed E-state index contributed by atoms with van der Waals surface area (Å²) in [6, 6.07) is 8.46. The standard InChI is InChI=1S/C23H24N4O5/c1-23(2,3)32-22(30)27-13-15(11-19(27)21(28)29)31-20-16-7-5-4-6-14(16)10-17(26-20)18-12-24-8-9-25-18/h4-10,12,15,19H,11,13H2,1-3H3,(H,28,29)/t15-,19+/m1/s1. The van der Waals surface area contributed by atoms with Crippen LogP contribution in [0, 0.1) is 0 Å². The van der Waals surface area contributed by atoms with Crippen molar-refractivity contribution in [3.63, 3.8) is 0 Å². The number of carboxylic acid groups (broad SMARTS) is 1. The second-order valence-electron chi connectivity index (χ2n) is 8.59. The van der Waals surface area contributed by atoms with Gasteiger partial charge in [-0.05, 0) is 38.3 Å². The highest BCUT2D eigenvalue weighted by molar-refractivity contribution is 5.89. The van der Waals surface area contributed by atoms with Crippen molar-refractivity contribution in [1.29, 1.82) is 0 Å². The summed E-state index contributed by atoms with van der Waals surface area (Å²) in [7, 11) is 0. The Hall–Kier alpha value is -3.75. The van der Waals surface area contributed by atoms with Gasteiger partial charge in [0.05, 0.1) is 18.4 Å². The maximum Gasteiger partial charge on any atom is 0.411 e. The van der Waals surface area contributed by atoms with Gasteiger partial charge in [0, 0.05) is 24.2 Å². The van der Waals surface area contributed by atoms with E-state index in [4.69, 9.17) is 9.47 Å². The Balaban J connectivity index is 1.64. The smallest absolute Gasteiger partial charge is 0.411 e. The van der Waals surface area contributed by atoms with Crippen LogP contribution in [0.1, 0.15) is 27.2 Å². The second kappa shape index (κ2) is 8.41. The first-order valence-electron chi connectivity index (χ1n) is 10.3. The molecule has 3 aromatic rings. The molecule has 1 aliphatic rings. The van der Waals surface area contributed by atoms with Crippen molar-refractivity contribution in [2.75, 3.05) is 6.54 Å². The van der Waals surface area contributed by atoms with E-state index >= 15 is 0 Å². The predicted octanol–water partition coefficient (Wildman–Crippen LogP) is 3.53. The van der Waals surface area contributed by atoms with Gasteiger partial charge in [0.25, 0.3) is 0 Å². The van der Waals surface area contributed by atoms with E-state index in [0.29, 0.717) is 17.3 Å². The minimum Gasteiger partial charge on any atom is -0.480 e. The summed E-state index contributed by atoms with van der Waals surface area (Å²) < 4.78 is 11.6. The van der Waals surface area contributed by atoms with Crippen LogP contribution in [-0.2, 0) is 9.53 Å². The van der Waals surface area contributed by atoms with Crippen molar-refractivity contribution < 1.29 is 24.2 Å². The van der Waals surface area contributed by atoms with Gasteiger partial charge in [-0.25, -0.2) is 14.6 Å². The van der Waals surface area contributed by atoms with Crippen LogP contribution in [0.5, 0.6) is 5.88 Å². The number of carbonyl (C=O) groups is 2. The Labute approximate surface area is 185 Å². The van der Waals surface area contributed by atoms with Crippen LogP contribution in [-0.4, -0.2) is 61.3 Å². The molecule has 1 N–H and O–H groups in total. The van der Waals surface area contributed by atoms with E-state index in [2.05, 4.69) is 15.0 Å². The zero-order chi connectivity index (χ0) is 22.9. The van der Waals surface area contributed by atoms with Crippen molar-refractivity contribution in [1.82, 2.24) is 19.9 Å². The molecule has 1 saturated heterocycles. The van der Waals surface area contributed by atoms with Gasteiger partial charge in [0.15, 0.2) is 0 Å². The largest absolute Gasteiger partial charge is 0.480 e. The third kappa shape index (κ3) is 4.61. The third-order valence-electron chi connectivity index (χ3n) is 4.99. The summed E-state index contributed by atoms with van der Waals surface area (Å²) in [5.74, 6) is -0.753. The molecule has 9 heteroatoms. The molecule has 2 aromatic heterocycles. The molecule has 0 bridgehead atoms. The van der Waals surface area contributed by atoms with E-state index < -0.39 is 29.8 Å². The lowest BCUT2D eigenvalue weighted by atomic mass is 10.1. The zero-order valence-electron chi connectivity index (χ0n) is 18.1. The molecule has 1 aliphatic heterocycles. The number of nitrogens with zero attached hydrogens (tertiary/aromatic N) is 4. The van der Waals surface area contributed by atoms with E-state index in [-0.39, 0.29) is 13.0 Å². The lowest BCUT2D eigenvalue weighted by molar-refractivity contribution is -0.142. The maximum atomic E-state index is 12.6. The maximum absolute atomic E-state index is 12.6. The molecule has 2 atom stereocenters. The first kappa shape index (κ1) is 21.5. The Morgan fingerprint density at radius 3 is 2.62 bits per heavy atom. The number of aliphatic carboxylic acids is 1. The quantitative estimate of drug-likeness (QED) is 0.660. The lowest BCUT2D eigenvalue weighted by Gasteiger charge is -2.26. The molecule has 0 unspecified atom stereocenters. The molecule has 1 aromatic carbocycles. The third-order valence-corrected chi connectivity index (χ3v) is 4.99. The number of hydrogen-bond donors (Lipinski definition) is 1.